The molecule has 1 aliphatic carbocycles. The Hall–Kier alpha value is -2.39. The van der Waals surface area contributed by atoms with Crippen molar-refractivity contribution in [1.29, 1.82) is 5.26 Å². The van der Waals surface area contributed by atoms with E-state index in [4.69, 9.17) is 5.26 Å². The van der Waals surface area contributed by atoms with Crippen LogP contribution in [0.25, 0.3) is 0 Å². The largest absolute Gasteiger partial charge is 0.389 e. The van der Waals surface area contributed by atoms with Gasteiger partial charge in [0.05, 0.1) is 23.7 Å². The number of amides is 2. The third-order valence-electron chi connectivity index (χ3n) is 5.36. The predicted octanol–water partition coefficient (Wildman–Crippen LogP) is 1.86. The van der Waals surface area contributed by atoms with Crippen molar-refractivity contribution in [2.24, 2.45) is 0 Å². The number of rotatable bonds is 5. The fraction of sp³-hybridized carbons (Fsp3) is 0.550. The second-order valence-electron chi connectivity index (χ2n) is 7.44. The van der Waals surface area contributed by atoms with E-state index in [1.54, 1.807) is 17.0 Å². The van der Waals surface area contributed by atoms with E-state index in [2.05, 4.69) is 11.4 Å². The van der Waals surface area contributed by atoms with Crippen LogP contribution in [0.4, 0.5) is 0 Å². The zero-order chi connectivity index (χ0) is 18.6. The van der Waals surface area contributed by atoms with E-state index in [9.17, 15) is 14.7 Å². The molecule has 1 aromatic carbocycles. The van der Waals surface area contributed by atoms with Crippen LogP contribution in [-0.4, -0.2) is 40.0 Å². The van der Waals surface area contributed by atoms with Gasteiger partial charge in [-0.1, -0.05) is 31.4 Å². The van der Waals surface area contributed by atoms with Gasteiger partial charge in [0, 0.05) is 13.1 Å². The second kappa shape index (κ2) is 7.88. The van der Waals surface area contributed by atoms with Gasteiger partial charge in [0.15, 0.2) is 0 Å². The van der Waals surface area contributed by atoms with Crippen molar-refractivity contribution in [3.8, 4) is 6.07 Å². The first kappa shape index (κ1) is 18.4. The van der Waals surface area contributed by atoms with Crippen molar-refractivity contribution >= 4 is 11.8 Å². The molecule has 2 amide bonds. The first-order chi connectivity index (χ1) is 12.5. The second-order valence-corrected chi connectivity index (χ2v) is 7.44. The predicted molar refractivity (Wildman–Crippen MR) is 95.8 cm³/mol. The monoisotopic (exact) mass is 355 g/mol. The molecule has 2 aliphatic rings. The van der Waals surface area contributed by atoms with Crippen LogP contribution >= 0.6 is 0 Å². The summed E-state index contributed by atoms with van der Waals surface area (Å²) >= 11 is 0. The lowest BCUT2D eigenvalue weighted by Gasteiger charge is -2.31. The Morgan fingerprint density at radius 3 is 2.62 bits per heavy atom. The average Bonchev–Trinajstić information content (AvgIpc) is 2.96. The minimum Gasteiger partial charge on any atom is -0.389 e. The summed E-state index contributed by atoms with van der Waals surface area (Å²) in [7, 11) is 0. The summed E-state index contributed by atoms with van der Waals surface area (Å²) in [6.07, 6.45) is 4.98. The summed E-state index contributed by atoms with van der Waals surface area (Å²) in [5.74, 6) is -0.327. The molecule has 1 unspecified atom stereocenters. The summed E-state index contributed by atoms with van der Waals surface area (Å²) in [5, 5.41) is 22.1. The molecule has 1 saturated carbocycles. The summed E-state index contributed by atoms with van der Waals surface area (Å²) in [6, 6.07) is 8.73. The Labute approximate surface area is 153 Å². The van der Waals surface area contributed by atoms with Crippen molar-refractivity contribution in [3.63, 3.8) is 0 Å². The highest BCUT2D eigenvalue weighted by molar-refractivity contribution is 5.89. The Kier molecular flexibility index (Phi) is 5.58. The van der Waals surface area contributed by atoms with Crippen molar-refractivity contribution in [3.05, 3.63) is 35.4 Å². The molecule has 138 valence electrons. The van der Waals surface area contributed by atoms with Gasteiger partial charge in [0.2, 0.25) is 11.8 Å². The van der Waals surface area contributed by atoms with Gasteiger partial charge in [-0.3, -0.25) is 9.59 Å². The Morgan fingerprint density at radius 2 is 1.96 bits per heavy atom. The standard InChI is InChI=1S/C20H25N3O3/c21-13-15-4-6-16(7-5-15)14-23-11-8-17(19(23)25)22-18(24)12-20(26)9-2-1-3-10-20/h4-7,17,26H,1-3,8-12,14H2,(H,22,24). The van der Waals surface area contributed by atoms with Crippen molar-refractivity contribution in [2.45, 2.75) is 63.1 Å². The number of carbonyl (C=O) groups is 2. The number of nitrogens with one attached hydrogen (secondary N) is 1. The summed E-state index contributed by atoms with van der Waals surface area (Å²) < 4.78 is 0. The van der Waals surface area contributed by atoms with Crippen molar-refractivity contribution < 1.29 is 14.7 Å². The SMILES string of the molecule is N#Cc1ccc(CN2CCC(NC(=O)CC3(O)CCCCC3)C2=O)cc1. The highest BCUT2D eigenvalue weighted by atomic mass is 16.3. The third kappa shape index (κ3) is 4.41. The molecule has 2 fully saturated rings. The van der Waals surface area contributed by atoms with Gasteiger partial charge in [-0.15, -0.1) is 0 Å². The van der Waals surface area contributed by atoms with E-state index < -0.39 is 11.6 Å². The highest BCUT2D eigenvalue weighted by Crippen LogP contribution is 2.30. The molecule has 0 spiro atoms. The van der Waals surface area contributed by atoms with Crippen molar-refractivity contribution in [2.75, 3.05) is 6.54 Å². The lowest BCUT2D eigenvalue weighted by Crippen LogP contribution is -2.45. The quantitative estimate of drug-likeness (QED) is 0.843. The molecule has 6 heteroatoms. The summed E-state index contributed by atoms with van der Waals surface area (Å²) in [6.45, 7) is 1.06. The number of hydrogen-bond acceptors (Lipinski definition) is 4. The fourth-order valence-electron chi connectivity index (χ4n) is 3.87. The number of likely N-dealkylation sites (tertiary alicyclic amines) is 1. The number of aliphatic hydroxyl groups is 1. The summed E-state index contributed by atoms with van der Waals surface area (Å²) in [5.41, 5.74) is 0.639. The molecule has 26 heavy (non-hydrogen) atoms. The first-order valence-electron chi connectivity index (χ1n) is 9.29. The van der Waals surface area contributed by atoms with Crippen LogP contribution in [0, 0.1) is 11.3 Å². The Bertz CT molecular complexity index is 702. The average molecular weight is 355 g/mol. The zero-order valence-electron chi connectivity index (χ0n) is 14.9. The minimum absolute atomic E-state index is 0.0758. The molecular formula is C20H25N3O3. The van der Waals surface area contributed by atoms with Crippen LogP contribution in [-0.2, 0) is 16.1 Å². The van der Waals surface area contributed by atoms with Crippen molar-refractivity contribution in [1.82, 2.24) is 10.2 Å². The molecule has 2 N–H and O–H groups in total. The minimum atomic E-state index is -0.911. The van der Waals surface area contributed by atoms with Crippen LogP contribution in [0.1, 0.15) is 56.1 Å². The van der Waals surface area contributed by atoms with E-state index >= 15 is 0 Å². The maximum atomic E-state index is 12.5. The molecule has 1 aliphatic heterocycles. The van der Waals surface area contributed by atoms with E-state index in [0.29, 0.717) is 37.9 Å². The molecule has 1 saturated heterocycles. The maximum absolute atomic E-state index is 12.5. The van der Waals surface area contributed by atoms with Crippen LogP contribution < -0.4 is 5.32 Å². The van der Waals surface area contributed by atoms with Crippen LogP contribution in [0.5, 0.6) is 0 Å². The topological polar surface area (TPSA) is 93.4 Å². The van der Waals surface area contributed by atoms with E-state index in [1.807, 2.05) is 12.1 Å². The molecule has 0 radical (unpaired) electrons. The van der Waals surface area contributed by atoms with Gasteiger partial charge in [0.25, 0.3) is 0 Å². The van der Waals surface area contributed by atoms with Gasteiger partial charge in [-0.25, -0.2) is 0 Å². The molecular weight excluding hydrogens is 330 g/mol. The van der Waals surface area contributed by atoms with E-state index in [1.165, 1.54) is 0 Å². The lowest BCUT2D eigenvalue weighted by molar-refractivity contribution is -0.135. The molecule has 1 atom stereocenters. The van der Waals surface area contributed by atoms with Crippen LogP contribution in [0.2, 0.25) is 0 Å². The van der Waals surface area contributed by atoms with Gasteiger partial charge in [-0.05, 0) is 37.0 Å². The molecule has 1 aromatic rings. The van der Waals surface area contributed by atoms with Crippen LogP contribution in [0.3, 0.4) is 0 Å². The number of nitriles is 1. The molecule has 1 heterocycles. The maximum Gasteiger partial charge on any atom is 0.245 e. The Balaban J connectivity index is 1.51. The molecule has 0 bridgehead atoms. The number of hydrogen-bond donors (Lipinski definition) is 2. The van der Waals surface area contributed by atoms with E-state index in [-0.39, 0.29) is 18.2 Å². The van der Waals surface area contributed by atoms with Gasteiger partial charge in [-0.2, -0.15) is 5.26 Å². The highest BCUT2D eigenvalue weighted by Gasteiger charge is 2.36. The summed E-state index contributed by atoms with van der Waals surface area (Å²) in [4.78, 5) is 26.5. The van der Waals surface area contributed by atoms with Gasteiger partial charge in [0.1, 0.15) is 6.04 Å². The molecule has 3 rings (SSSR count). The Morgan fingerprint density at radius 1 is 1.27 bits per heavy atom. The van der Waals surface area contributed by atoms with Gasteiger partial charge < -0.3 is 15.3 Å². The first-order valence-corrected chi connectivity index (χ1v) is 9.29. The molecule has 6 nitrogen and oxygen atoms in total. The smallest absolute Gasteiger partial charge is 0.245 e. The third-order valence-corrected chi connectivity index (χ3v) is 5.36. The number of carbonyl (C=O) groups excluding carboxylic acids is 2. The fourth-order valence-corrected chi connectivity index (χ4v) is 3.87. The lowest BCUT2D eigenvalue weighted by atomic mass is 9.82. The zero-order valence-corrected chi connectivity index (χ0v) is 14.9. The normalized spacial score (nSPS) is 22.1. The number of benzene rings is 1. The molecule has 0 aromatic heterocycles. The van der Waals surface area contributed by atoms with E-state index in [0.717, 1.165) is 24.8 Å². The van der Waals surface area contributed by atoms with Gasteiger partial charge >= 0.3 is 0 Å². The number of nitrogens with zero attached hydrogens (tertiary/aromatic N) is 2. The van der Waals surface area contributed by atoms with Crippen LogP contribution in [0.15, 0.2) is 24.3 Å².